The van der Waals surface area contributed by atoms with Gasteiger partial charge in [0.25, 0.3) is 0 Å². The van der Waals surface area contributed by atoms with E-state index in [9.17, 15) is 24.9 Å². The summed E-state index contributed by atoms with van der Waals surface area (Å²) in [5, 5.41) is 34.4. The fourth-order valence-corrected chi connectivity index (χ4v) is 10.2. The Balaban J connectivity index is 1.12. The van der Waals surface area contributed by atoms with Gasteiger partial charge in [-0.15, -0.1) is 0 Å². The number of aromatic nitrogens is 1. The van der Waals surface area contributed by atoms with Crippen molar-refractivity contribution in [2.24, 2.45) is 0 Å². The number of nitrogens with one attached hydrogen (secondary N) is 1. The Labute approximate surface area is 358 Å². The number of aromatic amines is 1. The molecule has 9 atom stereocenters. The Hall–Kier alpha value is -5.54. The summed E-state index contributed by atoms with van der Waals surface area (Å²) in [5.74, 6) is -1.46. The number of carbonyl (C=O) groups is 2. The molecule has 3 fully saturated rings. The van der Waals surface area contributed by atoms with Crippen molar-refractivity contribution in [3.63, 3.8) is 0 Å². The number of aliphatic hydroxyl groups is 3. The van der Waals surface area contributed by atoms with E-state index in [0.29, 0.717) is 55.7 Å². The summed E-state index contributed by atoms with van der Waals surface area (Å²) in [6.45, 7) is 2.81. The van der Waals surface area contributed by atoms with Crippen LogP contribution in [0.25, 0.3) is 10.9 Å². The molecule has 326 valence electrons. The topological polar surface area (TPSA) is 148 Å². The summed E-state index contributed by atoms with van der Waals surface area (Å²) >= 11 is 0. The molecule has 4 unspecified atom stereocenters. The molecule has 5 heterocycles. The number of amides is 2. The smallest absolute Gasteiger partial charge is 0.410 e. The zero-order valence-electron chi connectivity index (χ0n) is 34.5. The number of fused-ring (bicyclic) bond motifs is 2. The number of halogens is 2. The molecule has 0 spiro atoms. The first-order chi connectivity index (χ1) is 30.0. The first-order valence-electron chi connectivity index (χ1n) is 21.6. The fraction of sp³-hybridized carbons (Fsp3) is 0.417. The molecular formula is C48H52F2N4O8. The predicted octanol–water partition coefficient (Wildman–Crippen LogP) is 7.45. The van der Waals surface area contributed by atoms with Gasteiger partial charge in [0.05, 0.1) is 12.1 Å². The molecular weight excluding hydrogens is 799 g/mol. The van der Waals surface area contributed by atoms with Crippen molar-refractivity contribution in [3.8, 4) is 0 Å². The lowest BCUT2D eigenvalue weighted by Crippen LogP contribution is -2.62. The van der Waals surface area contributed by atoms with Gasteiger partial charge in [-0.25, -0.2) is 18.4 Å². The maximum absolute atomic E-state index is 15.5. The molecule has 4 aliphatic heterocycles. The van der Waals surface area contributed by atoms with Gasteiger partial charge in [0.15, 0.2) is 6.23 Å². The lowest BCUT2D eigenvalue weighted by Gasteiger charge is -2.46. The van der Waals surface area contributed by atoms with E-state index in [-0.39, 0.29) is 25.3 Å². The molecule has 9 rings (SSSR count). The Morgan fingerprint density at radius 2 is 1.35 bits per heavy atom. The number of carbonyl (C=O) groups excluding carboxylic acids is 2. The van der Waals surface area contributed by atoms with Crippen molar-refractivity contribution in [2.75, 3.05) is 18.0 Å². The molecule has 4 aliphatic rings. The Morgan fingerprint density at radius 3 is 2.02 bits per heavy atom. The number of aliphatic hydroxyl groups excluding tert-OH is 3. The summed E-state index contributed by atoms with van der Waals surface area (Å²) in [6, 6.07) is 26.6. The third kappa shape index (κ3) is 8.12. The third-order valence-corrected chi connectivity index (χ3v) is 13.2. The van der Waals surface area contributed by atoms with Crippen molar-refractivity contribution in [1.29, 1.82) is 0 Å². The lowest BCUT2D eigenvalue weighted by atomic mass is 9.84. The van der Waals surface area contributed by atoms with Crippen LogP contribution in [-0.4, -0.2) is 98.1 Å². The van der Waals surface area contributed by atoms with E-state index >= 15 is 8.78 Å². The molecule has 1 aromatic heterocycles. The van der Waals surface area contributed by atoms with E-state index in [0.717, 1.165) is 40.5 Å². The number of anilines is 1. The SMILES string of the molecule is C[C@@H]1O[C@H](N2c3cc(F)ccc3C(CC3CCCN3C(=O)OCc3ccccc3)C2c2[nH]c3cc(F)ccc3c2C[C@@H]2CCCN2C(=O)OCc2ccccc2)C(O)[C@H](O)[C@@H]1O. The van der Waals surface area contributed by atoms with Crippen molar-refractivity contribution < 1.29 is 47.9 Å². The number of likely N-dealkylation sites (tertiary alicyclic amines) is 2. The van der Waals surface area contributed by atoms with E-state index in [1.54, 1.807) is 33.8 Å². The largest absolute Gasteiger partial charge is 0.445 e. The molecule has 4 N–H and O–H groups in total. The summed E-state index contributed by atoms with van der Waals surface area (Å²) < 4.78 is 48.6. The van der Waals surface area contributed by atoms with E-state index in [4.69, 9.17) is 14.2 Å². The van der Waals surface area contributed by atoms with Crippen molar-refractivity contribution in [2.45, 2.75) is 113 Å². The molecule has 0 saturated carbocycles. The molecule has 5 aromatic rings. The monoisotopic (exact) mass is 850 g/mol. The van der Waals surface area contributed by atoms with E-state index in [2.05, 4.69) is 4.98 Å². The van der Waals surface area contributed by atoms with Crippen LogP contribution in [0.5, 0.6) is 0 Å². The Morgan fingerprint density at radius 1 is 0.758 bits per heavy atom. The van der Waals surface area contributed by atoms with Crippen LogP contribution in [0.2, 0.25) is 0 Å². The third-order valence-electron chi connectivity index (χ3n) is 13.2. The van der Waals surface area contributed by atoms with Crippen LogP contribution in [0.3, 0.4) is 0 Å². The number of ether oxygens (including phenoxy) is 3. The van der Waals surface area contributed by atoms with Gasteiger partial charge >= 0.3 is 12.2 Å². The summed E-state index contributed by atoms with van der Waals surface area (Å²) in [5.41, 5.74) is 4.81. The van der Waals surface area contributed by atoms with Crippen LogP contribution < -0.4 is 4.90 Å². The lowest BCUT2D eigenvalue weighted by molar-refractivity contribution is -0.218. The van der Waals surface area contributed by atoms with Crippen molar-refractivity contribution in [1.82, 2.24) is 14.8 Å². The molecule has 0 radical (unpaired) electrons. The Kier molecular flexibility index (Phi) is 11.9. The number of hydrogen-bond acceptors (Lipinski definition) is 9. The molecule has 14 heteroatoms. The van der Waals surface area contributed by atoms with E-state index < -0.39 is 66.4 Å². The maximum Gasteiger partial charge on any atom is 0.410 e. The van der Waals surface area contributed by atoms with Crippen LogP contribution >= 0.6 is 0 Å². The minimum atomic E-state index is -1.62. The molecule has 3 saturated heterocycles. The zero-order valence-corrected chi connectivity index (χ0v) is 34.5. The molecule has 4 aromatic carbocycles. The van der Waals surface area contributed by atoms with Gasteiger partial charge < -0.3 is 49.2 Å². The van der Waals surface area contributed by atoms with Crippen LogP contribution in [0.1, 0.15) is 78.9 Å². The average Bonchev–Trinajstić information content (AvgIpc) is 4.08. The molecule has 62 heavy (non-hydrogen) atoms. The second-order valence-electron chi connectivity index (χ2n) is 17.1. The first-order valence-corrected chi connectivity index (χ1v) is 21.6. The highest BCUT2D eigenvalue weighted by Crippen LogP contribution is 2.55. The van der Waals surface area contributed by atoms with Gasteiger partial charge in [0.1, 0.15) is 43.2 Å². The second-order valence-corrected chi connectivity index (χ2v) is 17.1. The quantitative estimate of drug-likeness (QED) is 0.113. The molecule has 2 amide bonds. The standard InChI is InChI=1S/C48H52F2N4O8/c1-28-43(55)44(56)45(57)46(62-28)54-40-23-32(50)17-19-36(40)38(25-34-15-9-21-53(34)48(59)61-27-30-12-6-3-7-13-30)42(54)41-37(35-18-16-31(49)22-39(35)51-41)24-33-14-8-20-52(33)47(58)60-26-29-10-4-2-5-11-29/h2-7,10-13,16-19,22-23,28,33-34,38,42-46,51,55-57H,8-9,14-15,20-21,24-27H2,1H3/t28-,33-,34?,38?,42?,43+,44+,45?,46-/m0/s1. The highest BCUT2D eigenvalue weighted by atomic mass is 19.1. The maximum atomic E-state index is 15.5. The minimum Gasteiger partial charge on any atom is -0.445 e. The zero-order chi connectivity index (χ0) is 43.1. The first kappa shape index (κ1) is 41.8. The molecule has 12 nitrogen and oxygen atoms in total. The van der Waals surface area contributed by atoms with Crippen molar-refractivity contribution in [3.05, 3.63) is 137 Å². The van der Waals surface area contributed by atoms with E-state index in [1.165, 1.54) is 24.3 Å². The summed E-state index contributed by atoms with van der Waals surface area (Å²) in [6.07, 6.45) is -4.05. The number of H-pyrrole nitrogens is 1. The summed E-state index contributed by atoms with van der Waals surface area (Å²) in [4.78, 5) is 36.3. The van der Waals surface area contributed by atoms with Gasteiger partial charge in [-0.2, -0.15) is 0 Å². The number of hydrogen-bond donors (Lipinski definition) is 4. The highest BCUT2D eigenvalue weighted by molar-refractivity contribution is 5.86. The van der Waals surface area contributed by atoms with E-state index in [1.807, 2.05) is 60.7 Å². The number of rotatable bonds is 10. The van der Waals surface area contributed by atoms with Crippen LogP contribution in [0.4, 0.5) is 24.1 Å². The normalized spacial score (nSPS) is 27.2. The van der Waals surface area contributed by atoms with Crippen molar-refractivity contribution >= 4 is 28.8 Å². The van der Waals surface area contributed by atoms with Crippen LogP contribution in [-0.2, 0) is 33.8 Å². The fourth-order valence-electron chi connectivity index (χ4n) is 10.2. The van der Waals surface area contributed by atoms with Gasteiger partial charge in [-0.1, -0.05) is 66.7 Å². The number of benzene rings is 4. The summed E-state index contributed by atoms with van der Waals surface area (Å²) in [7, 11) is 0. The minimum absolute atomic E-state index is 0.112. The van der Waals surface area contributed by atoms with Crippen LogP contribution in [0, 0.1) is 11.6 Å². The Bertz CT molecular complexity index is 2390. The van der Waals surface area contributed by atoms with Crippen LogP contribution in [0.15, 0.2) is 97.1 Å². The van der Waals surface area contributed by atoms with Gasteiger partial charge in [-0.3, -0.25) is 0 Å². The average molecular weight is 851 g/mol. The molecule has 0 bridgehead atoms. The number of nitrogens with zero attached hydrogens (tertiary/aromatic N) is 3. The highest BCUT2D eigenvalue weighted by Gasteiger charge is 2.53. The van der Waals surface area contributed by atoms with Gasteiger partial charge in [-0.05, 0) is 98.0 Å². The second kappa shape index (κ2) is 17.7. The van der Waals surface area contributed by atoms with Gasteiger partial charge in [0.2, 0.25) is 0 Å². The molecule has 0 aliphatic carbocycles. The van der Waals surface area contributed by atoms with Gasteiger partial charge in [0, 0.05) is 53.4 Å². The predicted molar refractivity (Wildman–Crippen MR) is 226 cm³/mol.